The summed E-state index contributed by atoms with van der Waals surface area (Å²) in [5.41, 5.74) is 0.969. The molecule has 6 nitrogen and oxygen atoms in total. The summed E-state index contributed by atoms with van der Waals surface area (Å²) >= 11 is 0. The van der Waals surface area contributed by atoms with Gasteiger partial charge in [-0.15, -0.1) is 0 Å². The van der Waals surface area contributed by atoms with Crippen molar-refractivity contribution in [3.63, 3.8) is 0 Å². The second-order valence-corrected chi connectivity index (χ2v) is 6.39. The van der Waals surface area contributed by atoms with Gasteiger partial charge in [-0.1, -0.05) is 12.1 Å². The first-order chi connectivity index (χ1) is 11.8. The minimum atomic E-state index is 0.173. The predicted octanol–water partition coefficient (Wildman–Crippen LogP) is 2.17. The lowest BCUT2D eigenvalue weighted by Crippen LogP contribution is -2.41. The highest BCUT2D eigenvalue weighted by molar-refractivity contribution is 5.89. The van der Waals surface area contributed by atoms with E-state index in [0.717, 1.165) is 22.5 Å². The molecule has 0 radical (unpaired) electrons. The Morgan fingerprint density at radius 3 is 2.79 bits per heavy atom. The number of amides is 1. The van der Waals surface area contributed by atoms with Crippen molar-refractivity contribution in [1.29, 1.82) is 0 Å². The Hall–Kier alpha value is -2.21. The third-order valence-electron chi connectivity index (χ3n) is 4.56. The molecule has 2 aromatic rings. The Balaban J connectivity index is 1.44. The fraction of sp³-hybridized carbons (Fsp3) is 0.500. The molecule has 2 aliphatic rings. The van der Waals surface area contributed by atoms with Crippen molar-refractivity contribution < 1.29 is 9.53 Å². The zero-order valence-electron chi connectivity index (χ0n) is 13.7. The van der Waals surface area contributed by atoms with E-state index in [4.69, 9.17) is 9.72 Å². The number of ether oxygens (including phenoxy) is 1. The van der Waals surface area contributed by atoms with Gasteiger partial charge in [-0.3, -0.25) is 4.79 Å². The highest BCUT2D eigenvalue weighted by Crippen LogP contribution is 2.39. The number of morpholine rings is 1. The standard InChI is InChI=1S/C18H22N4O2/c23-16(22-9-11-24-12-10-22)7-8-19-18-14-3-1-2-4-15(14)20-17(21-18)13-5-6-13/h1-4,13H,5-12H2,(H,19,20,21). The first-order valence-corrected chi connectivity index (χ1v) is 8.67. The number of aromatic nitrogens is 2. The Bertz CT molecular complexity index is 739. The van der Waals surface area contributed by atoms with E-state index in [0.29, 0.717) is 45.2 Å². The second-order valence-electron chi connectivity index (χ2n) is 6.39. The van der Waals surface area contributed by atoms with Gasteiger partial charge in [-0.05, 0) is 25.0 Å². The maximum atomic E-state index is 12.2. The SMILES string of the molecule is O=C(CCNc1nc(C2CC2)nc2ccccc12)N1CCOCC1. The van der Waals surface area contributed by atoms with Gasteiger partial charge in [0.25, 0.3) is 0 Å². The lowest BCUT2D eigenvalue weighted by Gasteiger charge is -2.26. The number of benzene rings is 1. The van der Waals surface area contributed by atoms with Crippen LogP contribution in [0.1, 0.15) is 31.0 Å². The van der Waals surface area contributed by atoms with Crippen LogP contribution in [0.3, 0.4) is 0 Å². The Kier molecular flexibility index (Phi) is 4.30. The molecule has 0 bridgehead atoms. The van der Waals surface area contributed by atoms with Crippen LogP contribution >= 0.6 is 0 Å². The van der Waals surface area contributed by atoms with Crippen LogP contribution in [-0.2, 0) is 9.53 Å². The molecular weight excluding hydrogens is 304 g/mol. The zero-order valence-corrected chi connectivity index (χ0v) is 13.7. The summed E-state index contributed by atoms with van der Waals surface area (Å²) < 4.78 is 5.29. The molecule has 1 N–H and O–H groups in total. The number of anilines is 1. The van der Waals surface area contributed by atoms with Crippen molar-refractivity contribution in [2.24, 2.45) is 0 Å². The molecule has 1 saturated heterocycles. The van der Waals surface area contributed by atoms with Gasteiger partial charge in [0.05, 0.1) is 18.7 Å². The topological polar surface area (TPSA) is 67.4 Å². The first kappa shape index (κ1) is 15.3. The van der Waals surface area contributed by atoms with Crippen LogP contribution in [0.2, 0.25) is 0 Å². The number of hydrogen-bond donors (Lipinski definition) is 1. The molecule has 1 amide bonds. The van der Waals surface area contributed by atoms with Crippen molar-refractivity contribution >= 4 is 22.6 Å². The Labute approximate surface area is 141 Å². The van der Waals surface area contributed by atoms with Crippen LogP contribution in [0.5, 0.6) is 0 Å². The smallest absolute Gasteiger partial charge is 0.224 e. The van der Waals surface area contributed by atoms with Crippen LogP contribution in [0.25, 0.3) is 10.9 Å². The molecule has 1 aromatic carbocycles. The van der Waals surface area contributed by atoms with Gasteiger partial charge >= 0.3 is 0 Å². The molecule has 1 aromatic heterocycles. The molecule has 0 atom stereocenters. The first-order valence-electron chi connectivity index (χ1n) is 8.67. The number of carbonyl (C=O) groups is 1. The van der Waals surface area contributed by atoms with Gasteiger partial charge in [0.15, 0.2) is 0 Å². The molecule has 0 unspecified atom stereocenters. The van der Waals surface area contributed by atoms with Crippen molar-refractivity contribution in [3.05, 3.63) is 30.1 Å². The third-order valence-corrected chi connectivity index (χ3v) is 4.56. The normalized spacial score (nSPS) is 17.9. The maximum absolute atomic E-state index is 12.2. The summed E-state index contributed by atoms with van der Waals surface area (Å²) in [6, 6.07) is 8.04. The Morgan fingerprint density at radius 2 is 2.00 bits per heavy atom. The molecule has 1 aliphatic heterocycles. The summed E-state index contributed by atoms with van der Waals surface area (Å²) in [6.07, 6.45) is 2.82. The molecule has 24 heavy (non-hydrogen) atoms. The minimum absolute atomic E-state index is 0.173. The van der Waals surface area contributed by atoms with Crippen LogP contribution < -0.4 is 5.32 Å². The number of nitrogens with one attached hydrogen (secondary N) is 1. The molecular formula is C18H22N4O2. The highest BCUT2D eigenvalue weighted by Gasteiger charge is 2.27. The third kappa shape index (κ3) is 3.33. The number of hydrogen-bond acceptors (Lipinski definition) is 5. The second kappa shape index (κ2) is 6.73. The summed E-state index contributed by atoms with van der Waals surface area (Å²) in [5, 5.41) is 4.37. The number of carbonyl (C=O) groups excluding carboxylic acids is 1. The largest absolute Gasteiger partial charge is 0.378 e. The van der Waals surface area contributed by atoms with Gasteiger partial charge in [-0.25, -0.2) is 9.97 Å². The summed E-state index contributed by atoms with van der Waals surface area (Å²) in [6.45, 7) is 3.25. The van der Waals surface area contributed by atoms with E-state index in [2.05, 4.69) is 10.3 Å². The molecule has 6 heteroatoms. The highest BCUT2D eigenvalue weighted by atomic mass is 16.5. The molecule has 4 rings (SSSR count). The summed E-state index contributed by atoms with van der Waals surface area (Å²) in [7, 11) is 0. The minimum Gasteiger partial charge on any atom is -0.378 e. The number of nitrogens with zero attached hydrogens (tertiary/aromatic N) is 3. The number of rotatable bonds is 5. The monoisotopic (exact) mass is 326 g/mol. The molecule has 2 heterocycles. The van der Waals surface area contributed by atoms with Crippen molar-refractivity contribution in [2.75, 3.05) is 38.2 Å². The van der Waals surface area contributed by atoms with Crippen molar-refractivity contribution in [2.45, 2.75) is 25.2 Å². The van der Waals surface area contributed by atoms with E-state index in [1.165, 1.54) is 12.8 Å². The number of fused-ring (bicyclic) bond motifs is 1. The lowest BCUT2D eigenvalue weighted by molar-refractivity contribution is -0.134. The fourth-order valence-corrected chi connectivity index (χ4v) is 3.01. The van der Waals surface area contributed by atoms with E-state index >= 15 is 0 Å². The average molecular weight is 326 g/mol. The van der Waals surface area contributed by atoms with E-state index in [9.17, 15) is 4.79 Å². The maximum Gasteiger partial charge on any atom is 0.224 e. The Morgan fingerprint density at radius 1 is 1.21 bits per heavy atom. The average Bonchev–Trinajstić information content (AvgIpc) is 3.47. The van der Waals surface area contributed by atoms with Crippen LogP contribution in [0.4, 0.5) is 5.82 Å². The van der Waals surface area contributed by atoms with Gasteiger partial charge in [-0.2, -0.15) is 0 Å². The molecule has 2 fully saturated rings. The van der Waals surface area contributed by atoms with Crippen LogP contribution in [0.15, 0.2) is 24.3 Å². The van der Waals surface area contributed by atoms with Crippen molar-refractivity contribution in [1.82, 2.24) is 14.9 Å². The summed E-state index contributed by atoms with van der Waals surface area (Å²) in [4.78, 5) is 23.5. The van der Waals surface area contributed by atoms with Crippen LogP contribution in [-0.4, -0.2) is 53.6 Å². The molecule has 0 spiro atoms. The summed E-state index contributed by atoms with van der Waals surface area (Å²) in [5.74, 6) is 2.45. The van der Waals surface area contributed by atoms with E-state index in [1.54, 1.807) is 0 Å². The van der Waals surface area contributed by atoms with Crippen molar-refractivity contribution in [3.8, 4) is 0 Å². The quantitative estimate of drug-likeness (QED) is 0.912. The zero-order chi connectivity index (χ0) is 16.4. The van der Waals surface area contributed by atoms with E-state index in [1.807, 2.05) is 29.2 Å². The van der Waals surface area contributed by atoms with Crippen LogP contribution in [0, 0.1) is 0 Å². The number of para-hydroxylation sites is 1. The van der Waals surface area contributed by atoms with E-state index in [-0.39, 0.29) is 5.91 Å². The lowest BCUT2D eigenvalue weighted by atomic mass is 10.2. The predicted molar refractivity (Wildman–Crippen MR) is 92.0 cm³/mol. The molecule has 126 valence electrons. The van der Waals surface area contributed by atoms with Gasteiger partial charge in [0.1, 0.15) is 11.6 Å². The van der Waals surface area contributed by atoms with Gasteiger partial charge < -0.3 is 15.0 Å². The van der Waals surface area contributed by atoms with E-state index < -0.39 is 0 Å². The van der Waals surface area contributed by atoms with Gasteiger partial charge in [0.2, 0.25) is 5.91 Å². The molecule has 1 saturated carbocycles. The van der Waals surface area contributed by atoms with Gasteiger partial charge in [0, 0.05) is 37.4 Å². The fourth-order valence-electron chi connectivity index (χ4n) is 3.01. The molecule has 1 aliphatic carbocycles.